The van der Waals surface area contributed by atoms with Crippen molar-refractivity contribution in [1.82, 2.24) is 0 Å². The summed E-state index contributed by atoms with van der Waals surface area (Å²) in [5, 5.41) is 0. The molecule has 1 amide bonds. The Kier molecular flexibility index (Phi) is 5.63. The predicted molar refractivity (Wildman–Crippen MR) is 92.6 cm³/mol. The molecule has 0 spiro atoms. The van der Waals surface area contributed by atoms with E-state index in [1.54, 1.807) is 0 Å². The summed E-state index contributed by atoms with van der Waals surface area (Å²) in [6.45, 7) is 7.27. The summed E-state index contributed by atoms with van der Waals surface area (Å²) in [6, 6.07) is 7.99. The summed E-state index contributed by atoms with van der Waals surface area (Å²) in [4.78, 5) is 14.9. The Morgan fingerprint density at radius 3 is 2.73 bits per heavy atom. The molecule has 1 fully saturated rings. The summed E-state index contributed by atoms with van der Waals surface area (Å²) < 4.78 is 0. The molecule has 0 unspecified atom stereocenters. The first-order valence-corrected chi connectivity index (χ1v) is 8.50. The maximum absolute atomic E-state index is 13.1. The number of rotatable bonds is 4. The Morgan fingerprint density at radius 1 is 1.36 bits per heavy atom. The number of benzene rings is 1. The fraction of sp³-hybridized carbons (Fsp3) is 0.632. The van der Waals surface area contributed by atoms with E-state index in [2.05, 4.69) is 20.8 Å². The molecule has 0 radical (unpaired) electrons. The van der Waals surface area contributed by atoms with Gasteiger partial charge < -0.3 is 10.6 Å². The normalized spacial score (nSPS) is 25.3. The van der Waals surface area contributed by atoms with Crippen molar-refractivity contribution in [3.63, 3.8) is 0 Å². The number of nitrogens with two attached hydrogens (primary N) is 1. The Balaban J connectivity index is 2.20. The van der Waals surface area contributed by atoms with Crippen molar-refractivity contribution in [2.45, 2.75) is 46.6 Å². The van der Waals surface area contributed by atoms with Gasteiger partial charge in [-0.05, 0) is 48.3 Å². The average molecular weight is 302 g/mol. The number of anilines is 1. The van der Waals surface area contributed by atoms with Gasteiger partial charge >= 0.3 is 0 Å². The van der Waals surface area contributed by atoms with Crippen LogP contribution in [0.5, 0.6) is 0 Å². The Bertz CT molecular complexity index is 512. The van der Waals surface area contributed by atoms with Gasteiger partial charge in [-0.25, -0.2) is 0 Å². The molecule has 22 heavy (non-hydrogen) atoms. The summed E-state index contributed by atoms with van der Waals surface area (Å²) in [7, 11) is 1.90. The molecule has 0 saturated heterocycles. The van der Waals surface area contributed by atoms with Gasteiger partial charge in [0, 0.05) is 25.2 Å². The van der Waals surface area contributed by atoms with E-state index >= 15 is 0 Å². The molecule has 1 aliphatic rings. The zero-order chi connectivity index (χ0) is 16.3. The lowest BCUT2D eigenvalue weighted by molar-refractivity contribution is -0.126. The van der Waals surface area contributed by atoms with Gasteiger partial charge in [-0.1, -0.05) is 39.3 Å². The van der Waals surface area contributed by atoms with Crippen LogP contribution in [0, 0.1) is 23.7 Å². The average Bonchev–Trinajstić information content (AvgIpc) is 2.53. The maximum Gasteiger partial charge on any atom is 0.230 e. The molecule has 0 bridgehead atoms. The van der Waals surface area contributed by atoms with Gasteiger partial charge in [-0.2, -0.15) is 0 Å². The third-order valence-corrected chi connectivity index (χ3v) is 5.20. The highest BCUT2D eigenvalue weighted by Gasteiger charge is 2.36. The minimum atomic E-state index is 0.148. The van der Waals surface area contributed by atoms with Crippen molar-refractivity contribution in [3.05, 3.63) is 29.8 Å². The third-order valence-electron chi connectivity index (χ3n) is 5.20. The summed E-state index contributed by atoms with van der Waals surface area (Å²) in [6.07, 6.45) is 3.44. The lowest BCUT2D eigenvalue weighted by Gasteiger charge is -2.38. The van der Waals surface area contributed by atoms with Crippen LogP contribution >= 0.6 is 0 Å². The second-order valence-corrected chi connectivity index (χ2v) is 7.20. The lowest BCUT2D eigenvalue weighted by Crippen LogP contribution is -2.41. The van der Waals surface area contributed by atoms with Crippen LogP contribution in [0.1, 0.15) is 45.6 Å². The van der Waals surface area contributed by atoms with Gasteiger partial charge in [0.1, 0.15) is 0 Å². The van der Waals surface area contributed by atoms with Gasteiger partial charge in [0.05, 0.1) is 0 Å². The van der Waals surface area contributed by atoms with Crippen molar-refractivity contribution in [3.8, 4) is 0 Å². The number of hydrogen-bond donors (Lipinski definition) is 1. The standard InChI is InChI=1S/C19H30N2O/c1-13(2)17-9-8-14(3)10-18(17)19(22)21(4)16-7-5-6-15(11-16)12-20/h5-7,11,13-14,17-18H,8-10,12,20H2,1-4H3/t14-,17+,18-/m1/s1. The van der Waals surface area contributed by atoms with Gasteiger partial charge in [0.15, 0.2) is 0 Å². The molecule has 3 heteroatoms. The van der Waals surface area contributed by atoms with Gasteiger partial charge in [-0.15, -0.1) is 0 Å². The molecule has 1 aromatic rings. The molecule has 2 N–H and O–H groups in total. The topological polar surface area (TPSA) is 46.3 Å². The fourth-order valence-electron chi connectivity index (χ4n) is 3.75. The number of carbonyl (C=O) groups is 1. The highest BCUT2D eigenvalue weighted by Crippen LogP contribution is 2.39. The largest absolute Gasteiger partial charge is 0.326 e. The SMILES string of the molecule is CC(C)[C@@H]1CC[C@@H](C)C[C@H]1C(=O)N(C)c1cccc(CN)c1. The predicted octanol–water partition coefficient (Wildman–Crippen LogP) is 3.82. The van der Waals surface area contributed by atoms with Gasteiger partial charge in [0.2, 0.25) is 5.91 Å². The van der Waals surface area contributed by atoms with Gasteiger partial charge in [0.25, 0.3) is 0 Å². The van der Waals surface area contributed by atoms with E-state index in [-0.39, 0.29) is 11.8 Å². The Morgan fingerprint density at radius 2 is 2.09 bits per heavy atom. The second-order valence-electron chi connectivity index (χ2n) is 7.20. The Labute approximate surface area is 134 Å². The molecular formula is C19H30N2O. The quantitative estimate of drug-likeness (QED) is 0.919. The van der Waals surface area contributed by atoms with Crippen LogP contribution in [0.3, 0.4) is 0 Å². The van der Waals surface area contributed by atoms with Crippen LogP contribution in [0.15, 0.2) is 24.3 Å². The van der Waals surface area contributed by atoms with Crippen molar-refractivity contribution >= 4 is 11.6 Å². The first-order valence-electron chi connectivity index (χ1n) is 8.50. The molecule has 0 aromatic heterocycles. The van der Waals surface area contributed by atoms with E-state index in [1.807, 2.05) is 36.2 Å². The number of hydrogen-bond acceptors (Lipinski definition) is 2. The summed E-state index contributed by atoms with van der Waals surface area (Å²) in [5.41, 5.74) is 7.73. The Hall–Kier alpha value is -1.35. The van der Waals surface area contributed by atoms with Gasteiger partial charge in [-0.3, -0.25) is 4.79 Å². The number of amides is 1. The smallest absolute Gasteiger partial charge is 0.230 e. The molecule has 0 heterocycles. The van der Waals surface area contributed by atoms with E-state index in [9.17, 15) is 4.79 Å². The highest BCUT2D eigenvalue weighted by molar-refractivity contribution is 5.94. The van der Waals surface area contributed by atoms with E-state index in [0.717, 1.165) is 17.7 Å². The number of carbonyl (C=O) groups excluding carboxylic acids is 1. The molecule has 3 nitrogen and oxygen atoms in total. The van der Waals surface area contributed by atoms with Crippen LogP contribution in [-0.4, -0.2) is 13.0 Å². The zero-order valence-corrected chi connectivity index (χ0v) is 14.4. The van der Waals surface area contributed by atoms with Crippen molar-refractivity contribution in [2.75, 3.05) is 11.9 Å². The van der Waals surface area contributed by atoms with Crippen LogP contribution < -0.4 is 10.6 Å². The third kappa shape index (κ3) is 3.70. The summed E-state index contributed by atoms with van der Waals surface area (Å²) in [5.74, 6) is 2.12. The fourth-order valence-corrected chi connectivity index (χ4v) is 3.75. The zero-order valence-electron chi connectivity index (χ0n) is 14.4. The lowest BCUT2D eigenvalue weighted by atomic mass is 9.69. The maximum atomic E-state index is 13.1. The highest BCUT2D eigenvalue weighted by atomic mass is 16.2. The van der Waals surface area contributed by atoms with E-state index in [1.165, 1.54) is 12.8 Å². The van der Waals surface area contributed by atoms with Crippen LogP contribution in [0.2, 0.25) is 0 Å². The minimum Gasteiger partial charge on any atom is -0.326 e. The second kappa shape index (κ2) is 7.28. The van der Waals surface area contributed by atoms with E-state index < -0.39 is 0 Å². The van der Waals surface area contributed by atoms with Crippen LogP contribution in [0.4, 0.5) is 5.69 Å². The molecular weight excluding hydrogens is 272 g/mol. The van der Waals surface area contributed by atoms with E-state index in [4.69, 9.17) is 5.73 Å². The van der Waals surface area contributed by atoms with Crippen LogP contribution in [0.25, 0.3) is 0 Å². The monoisotopic (exact) mass is 302 g/mol. The first kappa shape index (κ1) is 17.0. The molecule has 3 atom stereocenters. The number of nitrogens with zero attached hydrogens (tertiary/aromatic N) is 1. The molecule has 1 saturated carbocycles. The summed E-state index contributed by atoms with van der Waals surface area (Å²) >= 11 is 0. The minimum absolute atomic E-state index is 0.148. The molecule has 1 aromatic carbocycles. The van der Waals surface area contributed by atoms with E-state index in [0.29, 0.717) is 24.3 Å². The van der Waals surface area contributed by atoms with Crippen molar-refractivity contribution in [1.29, 1.82) is 0 Å². The molecule has 122 valence electrons. The molecule has 0 aliphatic heterocycles. The van der Waals surface area contributed by atoms with Crippen LogP contribution in [-0.2, 0) is 11.3 Å². The van der Waals surface area contributed by atoms with Crippen molar-refractivity contribution in [2.24, 2.45) is 29.4 Å². The van der Waals surface area contributed by atoms with Crippen molar-refractivity contribution < 1.29 is 4.79 Å². The molecule has 2 rings (SSSR count). The first-order chi connectivity index (χ1) is 10.4. The molecule has 1 aliphatic carbocycles.